The fourth-order valence-corrected chi connectivity index (χ4v) is 2.86. The average Bonchev–Trinajstić information content (AvgIpc) is 3.03. The van der Waals surface area contributed by atoms with Gasteiger partial charge >= 0.3 is 6.03 Å². The first-order valence-electron chi connectivity index (χ1n) is 8.38. The van der Waals surface area contributed by atoms with E-state index in [9.17, 15) is 4.79 Å². The number of hydrogen-bond acceptors (Lipinski definition) is 3. The van der Waals surface area contributed by atoms with Gasteiger partial charge in [-0.25, -0.2) is 4.79 Å². The fourth-order valence-electron chi connectivity index (χ4n) is 2.86. The molecule has 0 saturated carbocycles. The maximum Gasteiger partial charge on any atom is 0.312 e. The highest BCUT2D eigenvalue weighted by Gasteiger charge is 2.18. The number of carbonyl (C=O) groups excluding carboxylic acids is 1. The monoisotopic (exact) mass is 338 g/mol. The van der Waals surface area contributed by atoms with Crippen molar-refractivity contribution in [3.8, 4) is 5.75 Å². The molecule has 1 heterocycles. The number of fused-ring (bicyclic) bond motifs is 1. The van der Waals surface area contributed by atoms with Crippen molar-refractivity contribution in [2.75, 3.05) is 0 Å². The zero-order valence-corrected chi connectivity index (χ0v) is 14.2. The molecule has 6 nitrogen and oxygen atoms in total. The molecule has 1 unspecified atom stereocenters. The van der Waals surface area contributed by atoms with Crippen LogP contribution in [-0.2, 0) is 6.61 Å². The molecule has 0 aliphatic heterocycles. The normalized spacial score (nSPS) is 12.0. The molecule has 1 aromatic heterocycles. The van der Waals surface area contributed by atoms with Crippen LogP contribution in [-0.4, -0.2) is 16.2 Å². The van der Waals surface area contributed by atoms with Gasteiger partial charge in [0, 0.05) is 11.5 Å². The molecule has 0 bridgehead atoms. The Morgan fingerprint density at radius 2 is 2.08 bits per heavy atom. The molecular formula is C19H22N4O2. The number of nitrogens with two attached hydrogens (primary N) is 1. The number of nitrogens with one attached hydrogen (secondary N) is 2. The number of carbonyl (C=O) groups is 1. The average molecular weight is 338 g/mol. The molecule has 0 aliphatic carbocycles. The van der Waals surface area contributed by atoms with Gasteiger partial charge in [-0.1, -0.05) is 43.7 Å². The van der Waals surface area contributed by atoms with Crippen LogP contribution >= 0.6 is 0 Å². The van der Waals surface area contributed by atoms with Gasteiger partial charge in [0.1, 0.15) is 12.4 Å². The Morgan fingerprint density at radius 3 is 2.80 bits per heavy atom. The van der Waals surface area contributed by atoms with Crippen LogP contribution in [0.1, 0.15) is 37.1 Å². The van der Waals surface area contributed by atoms with E-state index in [0.29, 0.717) is 6.61 Å². The van der Waals surface area contributed by atoms with E-state index >= 15 is 0 Å². The summed E-state index contributed by atoms with van der Waals surface area (Å²) in [6, 6.07) is 15.1. The predicted octanol–water partition coefficient (Wildman–Crippen LogP) is 3.65. The van der Waals surface area contributed by atoms with Crippen LogP contribution in [0.4, 0.5) is 4.79 Å². The lowest BCUT2D eigenvalue weighted by atomic mass is 10.0. The van der Waals surface area contributed by atoms with Crippen LogP contribution in [0.15, 0.2) is 48.5 Å². The Balaban J connectivity index is 1.79. The van der Waals surface area contributed by atoms with Crippen LogP contribution < -0.4 is 15.8 Å². The van der Waals surface area contributed by atoms with Crippen molar-refractivity contribution in [1.29, 1.82) is 0 Å². The fraction of sp³-hybridized carbons (Fsp3) is 0.263. The van der Waals surface area contributed by atoms with E-state index in [2.05, 4.69) is 22.4 Å². The standard InChI is InChI=1S/C19H22N4O2/c1-2-6-16(21-19(20)24)18-15-10-9-14(11-17(15)22-23-18)25-12-13-7-4-3-5-8-13/h3-5,7-11,16H,2,6,12H2,1H3,(H,22,23)(H3,20,21,24). The van der Waals surface area contributed by atoms with E-state index in [0.717, 1.165) is 40.8 Å². The molecule has 3 rings (SSSR count). The lowest BCUT2D eigenvalue weighted by Crippen LogP contribution is -2.33. The minimum absolute atomic E-state index is 0.177. The Kier molecular flexibility index (Phi) is 5.18. The van der Waals surface area contributed by atoms with Crippen molar-refractivity contribution < 1.29 is 9.53 Å². The van der Waals surface area contributed by atoms with E-state index in [1.54, 1.807) is 0 Å². The van der Waals surface area contributed by atoms with Crippen LogP contribution in [0.5, 0.6) is 5.75 Å². The molecule has 1 atom stereocenters. The van der Waals surface area contributed by atoms with Gasteiger partial charge in [0.2, 0.25) is 0 Å². The number of nitrogens with zero attached hydrogens (tertiary/aromatic N) is 1. The molecule has 0 spiro atoms. The smallest absolute Gasteiger partial charge is 0.312 e. The van der Waals surface area contributed by atoms with Crippen LogP contribution in [0.2, 0.25) is 0 Å². The zero-order chi connectivity index (χ0) is 17.6. The number of H-pyrrole nitrogens is 1. The predicted molar refractivity (Wildman–Crippen MR) is 97.2 cm³/mol. The highest BCUT2D eigenvalue weighted by Crippen LogP contribution is 2.28. The zero-order valence-electron chi connectivity index (χ0n) is 14.2. The van der Waals surface area contributed by atoms with Crippen molar-refractivity contribution in [2.24, 2.45) is 5.73 Å². The second-order valence-electron chi connectivity index (χ2n) is 5.94. The SMILES string of the molecule is CCCC(NC(N)=O)c1[nH]nc2cc(OCc3ccccc3)ccc12. The maximum atomic E-state index is 11.2. The quantitative estimate of drug-likeness (QED) is 0.614. The van der Waals surface area contributed by atoms with E-state index in [1.165, 1.54) is 0 Å². The molecule has 0 aliphatic rings. The number of rotatable bonds is 7. The number of amides is 2. The largest absolute Gasteiger partial charge is 0.489 e. The van der Waals surface area contributed by atoms with Crippen LogP contribution in [0.3, 0.4) is 0 Å². The summed E-state index contributed by atoms with van der Waals surface area (Å²) in [4.78, 5) is 11.2. The summed E-state index contributed by atoms with van der Waals surface area (Å²) in [5.41, 5.74) is 8.06. The number of aromatic nitrogens is 2. The van der Waals surface area contributed by atoms with Gasteiger partial charge in [0.05, 0.1) is 17.3 Å². The Labute approximate surface area is 146 Å². The van der Waals surface area contributed by atoms with E-state index in [4.69, 9.17) is 10.5 Å². The molecule has 0 radical (unpaired) electrons. The Morgan fingerprint density at radius 1 is 1.28 bits per heavy atom. The maximum absolute atomic E-state index is 11.2. The molecule has 3 aromatic rings. The summed E-state index contributed by atoms with van der Waals surface area (Å²) in [6.45, 7) is 2.56. The molecule has 2 aromatic carbocycles. The summed E-state index contributed by atoms with van der Waals surface area (Å²) in [5.74, 6) is 0.754. The van der Waals surface area contributed by atoms with Gasteiger partial charge in [-0.3, -0.25) is 5.10 Å². The van der Waals surface area contributed by atoms with Gasteiger partial charge in [-0.05, 0) is 24.1 Å². The molecule has 25 heavy (non-hydrogen) atoms. The first-order valence-corrected chi connectivity index (χ1v) is 8.38. The topological polar surface area (TPSA) is 93.0 Å². The van der Waals surface area contributed by atoms with Crippen molar-refractivity contribution in [2.45, 2.75) is 32.4 Å². The summed E-state index contributed by atoms with van der Waals surface area (Å²) in [5, 5.41) is 11.1. The van der Waals surface area contributed by atoms with Crippen molar-refractivity contribution in [3.63, 3.8) is 0 Å². The number of aromatic amines is 1. The lowest BCUT2D eigenvalue weighted by molar-refractivity contribution is 0.244. The molecule has 130 valence electrons. The third-order valence-electron chi connectivity index (χ3n) is 4.05. The van der Waals surface area contributed by atoms with Gasteiger partial charge < -0.3 is 15.8 Å². The summed E-state index contributed by atoms with van der Waals surface area (Å²) in [6.07, 6.45) is 1.70. The number of primary amides is 1. The lowest BCUT2D eigenvalue weighted by Gasteiger charge is -2.15. The van der Waals surface area contributed by atoms with Crippen LogP contribution in [0, 0.1) is 0 Å². The highest BCUT2D eigenvalue weighted by atomic mass is 16.5. The first-order chi connectivity index (χ1) is 12.2. The number of urea groups is 1. The summed E-state index contributed by atoms with van der Waals surface area (Å²) >= 11 is 0. The number of ether oxygens (including phenoxy) is 1. The van der Waals surface area contributed by atoms with Gasteiger partial charge in [-0.2, -0.15) is 5.10 Å². The van der Waals surface area contributed by atoms with Gasteiger partial charge in [0.25, 0.3) is 0 Å². The molecular weight excluding hydrogens is 316 g/mol. The molecule has 0 fully saturated rings. The van der Waals surface area contributed by atoms with Crippen LogP contribution in [0.25, 0.3) is 10.9 Å². The summed E-state index contributed by atoms with van der Waals surface area (Å²) in [7, 11) is 0. The highest BCUT2D eigenvalue weighted by molar-refractivity contribution is 5.84. The third-order valence-corrected chi connectivity index (χ3v) is 4.05. The second kappa shape index (κ2) is 7.70. The number of benzene rings is 2. The third kappa shape index (κ3) is 4.09. The van der Waals surface area contributed by atoms with Crippen molar-refractivity contribution in [3.05, 3.63) is 59.8 Å². The van der Waals surface area contributed by atoms with E-state index in [-0.39, 0.29) is 6.04 Å². The molecule has 6 heteroatoms. The van der Waals surface area contributed by atoms with Crippen molar-refractivity contribution in [1.82, 2.24) is 15.5 Å². The summed E-state index contributed by atoms with van der Waals surface area (Å²) < 4.78 is 5.84. The minimum Gasteiger partial charge on any atom is -0.489 e. The van der Waals surface area contributed by atoms with E-state index < -0.39 is 6.03 Å². The Bertz CT molecular complexity index is 845. The Hall–Kier alpha value is -3.02. The molecule has 0 saturated heterocycles. The minimum atomic E-state index is -0.538. The molecule has 4 N–H and O–H groups in total. The molecule has 2 amide bonds. The van der Waals surface area contributed by atoms with E-state index in [1.807, 2.05) is 48.5 Å². The second-order valence-corrected chi connectivity index (χ2v) is 5.94. The number of hydrogen-bond donors (Lipinski definition) is 3. The van der Waals surface area contributed by atoms with Gasteiger partial charge in [-0.15, -0.1) is 0 Å². The van der Waals surface area contributed by atoms with Crippen molar-refractivity contribution >= 4 is 16.9 Å². The first kappa shape index (κ1) is 16.8. The van der Waals surface area contributed by atoms with Gasteiger partial charge in [0.15, 0.2) is 0 Å².